The molecular weight excluding hydrogens is 472 g/mol. The number of hydrogen-bond acceptors (Lipinski definition) is 5. The van der Waals surface area contributed by atoms with Crippen molar-refractivity contribution in [3.8, 4) is 0 Å². The topological polar surface area (TPSA) is 84.3 Å². The molecular formula is C24H27BrN4O3. The highest BCUT2D eigenvalue weighted by Crippen LogP contribution is 2.61. The van der Waals surface area contributed by atoms with E-state index in [1.165, 1.54) is 16.0 Å². The van der Waals surface area contributed by atoms with Gasteiger partial charge in [0.15, 0.2) is 0 Å². The van der Waals surface area contributed by atoms with Gasteiger partial charge in [-0.05, 0) is 64.1 Å². The van der Waals surface area contributed by atoms with E-state index in [1.54, 1.807) is 30.5 Å². The third kappa shape index (κ3) is 3.14. The minimum Gasteiger partial charge on any atom is -0.380 e. The van der Waals surface area contributed by atoms with E-state index in [9.17, 15) is 14.4 Å². The molecule has 3 aliphatic carbocycles. The van der Waals surface area contributed by atoms with E-state index in [4.69, 9.17) is 0 Å². The van der Waals surface area contributed by atoms with Crippen LogP contribution >= 0.6 is 15.9 Å². The molecule has 2 aromatic rings. The summed E-state index contributed by atoms with van der Waals surface area (Å²) in [7, 11) is 0. The quantitative estimate of drug-likeness (QED) is 0.634. The normalized spacial score (nSPS) is 27.8. The minimum atomic E-state index is -0.330. The zero-order valence-electron chi connectivity index (χ0n) is 18.5. The summed E-state index contributed by atoms with van der Waals surface area (Å²) in [6, 6.07) is 7.08. The van der Waals surface area contributed by atoms with Crippen molar-refractivity contribution in [2.45, 2.75) is 46.2 Å². The SMILES string of the molecule is C[C@@H]1C2CC(C[C@H]1Nc1cnn(CCN3C(=O)c4ccccc4C3=O)c(=O)c1Br)C2(C)C. The van der Waals surface area contributed by atoms with E-state index in [-0.39, 0.29) is 30.5 Å². The molecule has 3 fully saturated rings. The molecule has 1 N–H and O–H groups in total. The lowest BCUT2D eigenvalue weighted by Gasteiger charge is -2.62. The van der Waals surface area contributed by atoms with Crippen LogP contribution in [0.1, 0.15) is 54.3 Å². The maximum Gasteiger partial charge on any atom is 0.283 e. The van der Waals surface area contributed by atoms with E-state index in [2.05, 4.69) is 47.1 Å². The standard InChI is InChI=1S/C24H27BrN4O3/c1-13-17-10-14(24(17,2)3)11-18(13)27-19-12-26-29(23(32)20(19)25)9-8-28-21(30)15-6-4-5-7-16(15)22(28)31/h4-7,12-14,17-18,27H,8-11H2,1-3H3/t13-,14?,17?,18-/m1/s1. The average molecular weight is 499 g/mol. The number of nitrogens with one attached hydrogen (secondary N) is 1. The van der Waals surface area contributed by atoms with Gasteiger partial charge in [0.25, 0.3) is 17.4 Å². The number of aromatic nitrogens is 2. The monoisotopic (exact) mass is 498 g/mol. The Kier molecular flexibility index (Phi) is 5.04. The molecule has 7 nitrogen and oxygen atoms in total. The molecule has 0 spiro atoms. The third-order valence-electron chi connectivity index (χ3n) is 8.09. The number of hydrogen-bond donors (Lipinski definition) is 1. The molecule has 32 heavy (non-hydrogen) atoms. The van der Waals surface area contributed by atoms with Crippen LogP contribution in [0.2, 0.25) is 0 Å². The number of halogens is 1. The smallest absolute Gasteiger partial charge is 0.283 e. The van der Waals surface area contributed by atoms with Gasteiger partial charge in [-0.25, -0.2) is 4.68 Å². The van der Waals surface area contributed by atoms with Crippen molar-refractivity contribution in [3.05, 3.63) is 56.4 Å². The molecule has 1 aromatic heterocycles. The van der Waals surface area contributed by atoms with Gasteiger partial charge < -0.3 is 5.32 Å². The summed E-state index contributed by atoms with van der Waals surface area (Å²) >= 11 is 3.44. The van der Waals surface area contributed by atoms with Crippen molar-refractivity contribution in [1.82, 2.24) is 14.7 Å². The Morgan fingerprint density at radius 3 is 2.34 bits per heavy atom. The van der Waals surface area contributed by atoms with Crippen LogP contribution in [0.3, 0.4) is 0 Å². The number of benzene rings is 1. The van der Waals surface area contributed by atoms with Crippen LogP contribution in [-0.2, 0) is 6.54 Å². The highest BCUT2D eigenvalue weighted by Gasteiger charge is 2.56. The Balaban J connectivity index is 1.28. The summed E-state index contributed by atoms with van der Waals surface area (Å²) in [5.41, 5.74) is 1.63. The van der Waals surface area contributed by atoms with Crippen molar-refractivity contribution in [1.29, 1.82) is 0 Å². The van der Waals surface area contributed by atoms with Crippen molar-refractivity contribution in [2.75, 3.05) is 11.9 Å². The number of nitrogens with zero attached hydrogens (tertiary/aromatic N) is 3. The number of carbonyl (C=O) groups is 2. The first kappa shape index (κ1) is 21.4. The number of imide groups is 1. The predicted octanol–water partition coefficient (Wildman–Crippen LogP) is 3.78. The molecule has 2 amide bonds. The van der Waals surface area contributed by atoms with Crippen molar-refractivity contribution in [2.24, 2.45) is 23.2 Å². The van der Waals surface area contributed by atoms with Crippen LogP contribution in [0.5, 0.6) is 0 Å². The van der Waals surface area contributed by atoms with E-state index >= 15 is 0 Å². The van der Waals surface area contributed by atoms with Crippen LogP contribution in [0.15, 0.2) is 39.7 Å². The van der Waals surface area contributed by atoms with Gasteiger partial charge >= 0.3 is 0 Å². The fourth-order valence-corrected chi connectivity index (χ4v) is 6.32. The van der Waals surface area contributed by atoms with Gasteiger partial charge in [0.1, 0.15) is 4.47 Å². The molecule has 0 radical (unpaired) electrons. The highest BCUT2D eigenvalue weighted by atomic mass is 79.9. The Labute approximate surface area is 195 Å². The van der Waals surface area contributed by atoms with E-state index < -0.39 is 0 Å². The number of fused-ring (bicyclic) bond motifs is 3. The first-order valence-corrected chi connectivity index (χ1v) is 12.0. The molecule has 0 saturated heterocycles. The third-order valence-corrected chi connectivity index (χ3v) is 8.86. The second-order valence-corrected chi connectivity index (χ2v) is 10.7. The second kappa shape index (κ2) is 7.54. The zero-order chi connectivity index (χ0) is 22.8. The van der Waals surface area contributed by atoms with Gasteiger partial charge in [-0.1, -0.05) is 32.9 Å². The van der Waals surface area contributed by atoms with Gasteiger partial charge in [0.05, 0.1) is 29.6 Å². The molecule has 4 aliphatic rings. The van der Waals surface area contributed by atoms with E-state index in [0.29, 0.717) is 50.5 Å². The summed E-state index contributed by atoms with van der Waals surface area (Å²) in [5.74, 6) is 1.28. The summed E-state index contributed by atoms with van der Waals surface area (Å²) in [6.07, 6.45) is 4.05. The number of amides is 2. The summed E-state index contributed by atoms with van der Waals surface area (Å²) in [5, 5.41) is 7.86. The number of anilines is 1. The molecule has 1 aliphatic heterocycles. The van der Waals surface area contributed by atoms with Crippen molar-refractivity contribution >= 4 is 33.4 Å². The van der Waals surface area contributed by atoms with Gasteiger partial charge in [-0.2, -0.15) is 5.10 Å². The average Bonchev–Trinajstić information content (AvgIpc) is 3.02. The van der Waals surface area contributed by atoms with E-state index in [0.717, 1.165) is 6.42 Å². The minimum absolute atomic E-state index is 0.0938. The molecule has 2 heterocycles. The lowest BCUT2D eigenvalue weighted by Crippen LogP contribution is -2.58. The van der Waals surface area contributed by atoms with E-state index in [1.807, 2.05) is 0 Å². The lowest BCUT2D eigenvalue weighted by molar-refractivity contribution is -0.105. The summed E-state index contributed by atoms with van der Waals surface area (Å²) in [6.45, 7) is 7.26. The molecule has 2 unspecified atom stereocenters. The number of carbonyl (C=O) groups excluding carboxylic acids is 2. The maximum absolute atomic E-state index is 12.9. The Morgan fingerprint density at radius 2 is 1.75 bits per heavy atom. The molecule has 2 bridgehead atoms. The van der Waals surface area contributed by atoms with Crippen LogP contribution in [-0.4, -0.2) is 39.1 Å². The molecule has 3 saturated carbocycles. The first-order chi connectivity index (χ1) is 15.2. The second-order valence-electron chi connectivity index (χ2n) is 9.91. The molecule has 168 valence electrons. The van der Waals surface area contributed by atoms with Crippen LogP contribution in [0.4, 0.5) is 5.69 Å². The lowest BCUT2D eigenvalue weighted by atomic mass is 9.45. The molecule has 8 heteroatoms. The van der Waals surface area contributed by atoms with Gasteiger partial charge in [-0.3, -0.25) is 19.3 Å². The summed E-state index contributed by atoms with van der Waals surface area (Å²) in [4.78, 5) is 39.2. The first-order valence-electron chi connectivity index (χ1n) is 11.2. The molecule has 4 atom stereocenters. The molecule has 1 aromatic carbocycles. The maximum atomic E-state index is 12.9. The predicted molar refractivity (Wildman–Crippen MR) is 125 cm³/mol. The largest absolute Gasteiger partial charge is 0.380 e. The fraction of sp³-hybridized carbons (Fsp3) is 0.500. The number of rotatable bonds is 5. The van der Waals surface area contributed by atoms with Crippen LogP contribution in [0, 0.1) is 23.2 Å². The molecule has 6 rings (SSSR count). The van der Waals surface area contributed by atoms with Gasteiger partial charge in [0.2, 0.25) is 0 Å². The zero-order valence-corrected chi connectivity index (χ0v) is 20.1. The van der Waals surface area contributed by atoms with Crippen molar-refractivity contribution in [3.63, 3.8) is 0 Å². The fourth-order valence-electron chi connectivity index (χ4n) is 5.90. The summed E-state index contributed by atoms with van der Waals surface area (Å²) < 4.78 is 1.73. The van der Waals surface area contributed by atoms with Crippen molar-refractivity contribution < 1.29 is 9.59 Å². The highest BCUT2D eigenvalue weighted by molar-refractivity contribution is 9.10. The Morgan fingerprint density at radius 1 is 1.09 bits per heavy atom. The Hall–Kier alpha value is -2.48. The van der Waals surface area contributed by atoms with Crippen LogP contribution < -0.4 is 10.9 Å². The van der Waals surface area contributed by atoms with Gasteiger partial charge in [-0.15, -0.1) is 0 Å². The van der Waals surface area contributed by atoms with Gasteiger partial charge in [0, 0.05) is 12.6 Å². The van der Waals surface area contributed by atoms with Crippen LogP contribution in [0.25, 0.3) is 0 Å². The Bertz CT molecular complexity index is 1140.